The van der Waals surface area contributed by atoms with Crippen molar-refractivity contribution < 1.29 is 9.47 Å². The van der Waals surface area contributed by atoms with Gasteiger partial charge in [-0.25, -0.2) is 0 Å². The van der Waals surface area contributed by atoms with Crippen LogP contribution in [0.1, 0.15) is 78.2 Å². The Morgan fingerprint density at radius 2 is 1.85 bits per heavy atom. The minimum Gasteiger partial charge on any atom is -0.490 e. The molecule has 2 rings (SSSR count). The summed E-state index contributed by atoms with van der Waals surface area (Å²) in [5, 5.41) is 0. The minimum absolute atomic E-state index is 0.00114. The summed E-state index contributed by atoms with van der Waals surface area (Å²) in [6, 6.07) is 4.29. The van der Waals surface area contributed by atoms with Crippen molar-refractivity contribution in [2.75, 3.05) is 53.5 Å². The summed E-state index contributed by atoms with van der Waals surface area (Å²) in [5.41, 5.74) is 2.69. The van der Waals surface area contributed by atoms with Gasteiger partial charge in [-0.05, 0) is 56.9 Å². The molecular formula is C29H51N3O2. The van der Waals surface area contributed by atoms with Crippen molar-refractivity contribution in [3.8, 4) is 0 Å². The summed E-state index contributed by atoms with van der Waals surface area (Å²) in [5.74, 6) is 1.23. The number of ether oxygens (including phenoxy) is 2. The zero-order chi connectivity index (χ0) is 24.8. The van der Waals surface area contributed by atoms with Crippen LogP contribution in [-0.2, 0) is 15.9 Å². The number of piperazine rings is 1. The number of unbranched alkanes of at least 4 members (excludes halogenated alkanes) is 2. The van der Waals surface area contributed by atoms with Crippen molar-refractivity contribution in [1.29, 1.82) is 0 Å². The smallest absolute Gasteiger partial charge is 0.134 e. The molecular weight excluding hydrogens is 422 g/mol. The first-order valence-corrected chi connectivity index (χ1v) is 13.6. The molecule has 0 amide bonds. The summed E-state index contributed by atoms with van der Waals surface area (Å²) in [4.78, 5) is 9.39. The Labute approximate surface area is 209 Å². The van der Waals surface area contributed by atoms with E-state index >= 15 is 0 Å². The second kappa shape index (κ2) is 15.5. The molecule has 0 aliphatic carbocycles. The van der Waals surface area contributed by atoms with Crippen molar-refractivity contribution in [3.63, 3.8) is 0 Å². The van der Waals surface area contributed by atoms with Crippen LogP contribution in [-0.4, -0.2) is 74.4 Å². The van der Waals surface area contributed by atoms with Gasteiger partial charge < -0.3 is 14.4 Å². The van der Waals surface area contributed by atoms with Gasteiger partial charge in [-0.3, -0.25) is 9.88 Å². The van der Waals surface area contributed by atoms with E-state index in [0.29, 0.717) is 6.61 Å². The number of methoxy groups -OCH3 is 1. The van der Waals surface area contributed by atoms with Gasteiger partial charge in [0.25, 0.3) is 0 Å². The summed E-state index contributed by atoms with van der Waals surface area (Å²) < 4.78 is 12.7. The monoisotopic (exact) mass is 473 g/mol. The second-order valence-corrected chi connectivity index (χ2v) is 10.3. The third-order valence-corrected chi connectivity index (χ3v) is 7.35. The zero-order valence-electron chi connectivity index (χ0n) is 22.9. The predicted molar refractivity (Wildman–Crippen MR) is 143 cm³/mol. The lowest BCUT2D eigenvalue weighted by Crippen LogP contribution is -2.48. The number of nitrogens with zero attached hydrogens (tertiary/aromatic N) is 3. The van der Waals surface area contributed by atoms with Gasteiger partial charge in [0.15, 0.2) is 0 Å². The fourth-order valence-corrected chi connectivity index (χ4v) is 5.33. The molecule has 194 valence electrons. The largest absolute Gasteiger partial charge is 0.490 e. The number of likely N-dealkylation sites (N-methyl/N-ethyl adjacent to an activating group) is 1. The fraction of sp³-hybridized carbons (Fsp3) is 0.759. The average Bonchev–Trinajstić information content (AvgIpc) is 2.84. The van der Waals surface area contributed by atoms with Crippen LogP contribution in [0, 0.1) is 5.41 Å². The Kier molecular flexibility index (Phi) is 13.2. The van der Waals surface area contributed by atoms with Crippen molar-refractivity contribution >= 4 is 0 Å². The lowest BCUT2D eigenvalue weighted by atomic mass is 9.71. The Morgan fingerprint density at radius 1 is 1.09 bits per heavy atom. The highest BCUT2D eigenvalue weighted by molar-refractivity contribution is 5.22. The molecule has 1 aromatic rings. The van der Waals surface area contributed by atoms with E-state index in [-0.39, 0.29) is 11.5 Å². The number of pyridine rings is 1. The van der Waals surface area contributed by atoms with E-state index in [9.17, 15) is 0 Å². The molecule has 1 fully saturated rings. The van der Waals surface area contributed by atoms with E-state index in [1.807, 2.05) is 12.4 Å². The number of rotatable bonds is 16. The Hall–Kier alpha value is -1.43. The summed E-state index contributed by atoms with van der Waals surface area (Å²) >= 11 is 0. The first-order chi connectivity index (χ1) is 16.5. The van der Waals surface area contributed by atoms with Crippen LogP contribution in [0.4, 0.5) is 0 Å². The molecule has 0 aromatic carbocycles. The predicted octanol–water partition coefficient (Wildman–Crippen LogP) is 5.95. The van der Waals surface area contributed by atoms with E-state index in [1.54, 1.807) is 7.11 Å². The number of allylic oxidation sites excluding steroid dienone is 2. The molecule has 1 aliphatic heterocycles. The normalized spacial score (nSPS) is 18.9. The molecule has 2 heterocycles. The van der Waals surface area contributed by atoms with E-state index < -0.39 is 0 Å². The van der Waals surface area contributed by atoms with Crippen molar-refractivity contribution in [3.05, 3.63) is 41.4 Å². The number of aromatic nitrogens is 1. The Bertz CT molecular complexity index is 701. The topological polar surface area (TPSA) is 37.8 Å². The van der Waals surface area contributed by atoms with E-state index in [1.165, 1.54) is 36.2 Å². The van der Waals surface area contributed by atoms with E-state index in [4.69, 9.17) is 9.47 Å². The van der Waals surface area contributed by atoms with Gasteiger partial charge >= 0.3 is 0 Å². The van der Waals surface area contributed by atoms with Crippen molar-refractivity contribution in [2.24, 2.45) is 5.41 Å². The van der Waals surface area contributed by atoms with Gasteiger partial charge in [0.1, 0.15) is 11.9 Å². The molecule has 1 aliphatic rings. The SMILES string of the molecule is CCCCCC(CCC)(Cc1cccnc1)C(OC(COC)CN1CCN(C)CC1)=C(C)CC. The van der Waals surface area contributed by atoms with Crippen LogP contribution in [0.2, 0.25) is 0 Å². The molecule has 0 N–H and O–H groups in total. The second-order valence-electron chi connectivity index (χ2n) is 10.3. The van der Waals surface area contributed by atoms with Gasteiger partial charge in [0, 0.05) is 57.6 Å². The molecule has 0 bridgehead atoms. The summed E-state index contributed by atoms with van der Waals surface area (Å²) in [6.07, 6.45) is 13.1. The maximum absolute atomic E-state index is 7.07. The van der Waals surface area contributed by atoms with Gasteiger partial charge in [0.05, 0.1) is 6.61 Å². The third-order valence-electron chi connectivity index (χ3n) is 7.35. The lowest BCUT2D eigenvalue weighted by Gasteiger charge is -2.41. The highest BCUT2D eigenvalue weighted by atomic mass is 16.5. The van der Waals surface area contributed by atoms with Gasteiger partial charge in [-0.15, -0.1) is 0 Å². The molecule has 1 aromatic heterocycles. The van der Waals surface area contributed by atoms with Crippen LogP contribution in [0.15, 0.2) is 35.9 Å². The van der Waals surface area contributed by atoms with Gasteiger partial charge in [-0.2, -0.15) is 0 Å². The molecule has 5 heteroatoms. The van der Waals surface area contributed by atoms with E-state index in [0.717, 1.165) is 64.8 Å². The fourth-order valence-electron chi connectivity index (χ4n) is 5.33. The van der Waals surface area contributed by atoms with Gasteiger partial charge in [0.2, 0.25) is 0 Å². The molecule has 2 atom stereocenters. The third kappa shape index (κ3) is 8.98. The Morgan fingerprint density at radius 3 is 2.44 bits per heavy atom. The molecule has 2 unspecified atom stereocenters. The first-order valence-electron chi connectivity index (χ1n) is 13.6. The quantitative estimate of drug-likeness (QED) is 0.219. The zero-order valence-corrected chi connectivity index (χ0v) is 22.9. The minimum atomic E-state index is 0.00114. The molecule has 5 nitrogen and oxygen atoms in total. The average molecular weight is 474 g/mol. The molecule has 0 spiro atoms. The van der Waals surface area contributed by atoms with Crippen LogP contribution >= 0.6 is 0 Å². The van der Waals surface area contributed by atoms with Crippen molar-refractivity contribution in [2.45, 2.75) is 85.2 Å². The van der Waals surface area contributed by atoms with Gasteiger partial charge in [-0.1, -0.05) is 52.5 Å². The number of hydrogen-bond acceptors (Lipinski definition) is 5. The molecule has 34 heavy (non-hydrogen) atoms. The van der Waals surface area contributed by atoms with Crippen LogP contribution in [0.3, 0.4) is 0 Å². The van der Waals surface area contributed by atoms with Crippen LogP contribution in [0.5, 0.6) is 0 Å². The summed E-state index contributed by atoms with van der Waals surface area (Å²) in [7, 11) is 4.01. The summed E-state index contributed by atoms with van der Waals surface area (Å²) in [6.45, 7) is 15.1. The lowest BCUT2D eigenvalue weighted by molar-refractivity contribution is -0.0218. The highest BCUT2D eigenvalue weighted by Crippen LogP contribution is 2.44. The van der Waals surface area contributed by atoms with Crippen molar-refractivity contribution in [1.82, 2.24) is 14.8 Å². The molecule has 0 saturated carbocycles. The van der Waals surface area contributed by atoms with Crippen LogP contribution in [0.25, 0.3) is 0 Å². The first kappa shape index (κ1) is 28.8. The van der Waals surface area contributed by atoms with Crippen LogP contribution < -0.4 is 0 Å². The molecule has 0 radical (unpaired) electrons. The van der Waals surface area contributed by atoms with E-state index in [2.05, 4.69) is 61.7 Å². The highest BCUT2D eigenvalue weighted by Gasteiger charge is 2.38. The standard InChI is InChI=1S/C29H51N3O2/c1-7-10-11-15-29(14-8-2,21-26-13-12-16-30-22-26)28(25(4)9-3)34-27(24-33-6)23-32-19-17-31(5)18-20-32/h12-13,16,22,27H,7-11,14-15,17-21,23-24H2,1-6H3. The maximum Gasteiger partial charge on any atom is 0.134 e. The molecule has 1 saturated heterocycles. The maximum atomic E-state index is 7.07. The number of hydrogen-bond donors (Lipinski definition) is 0. The Balaban J connectivity index is 2.37.